The van der Waals surface area contributed by atoms with Gasteiger partial charge in [-0.3, -0.25) is 0 Å². The third-order valence-electron chi connectivity index (χ3n) is 2.76. The standard InChI is InChI=1S/C14H24N2/c1-12-5-7-13(8-6-12)9-10-16-14(2,3)11-15-4/h5-8,15-16H,9-11H2,1-4H3. The van der Waals surface area contributed by atoms with E-state index in [9.17, 15) is 0 Å². The normalized spacial score (nSPS) is 11.8. The van der Waals surface area contributed by atoms with Crippen molar-refractivity contribution in [2.45, 2.75) is 32.7 Å². The van der Waals surface area contributed by atoms with Crippen LogP contribution in [-0.2, 0) is 6.42 Å². The molecule has 0 fully saturated rings. The maximum atomic E-state index is 3.56. The Morgan fingerprint density at radius 2 is 1.75 bits per heavy atom. The van der Waals surface area contributed by atoms with Crippen LogP contribution in [0, 0.1) is 6.92 Å². The average Bonchev–Trinajstić information content (AvgIpc) is 2.20. The molecule has 1 rings (SSSR count). The van der Waals surface area contributed by atoms with Gasteiger partial charge in [0.1, 0.15) is 0 Å². The Hall–Kier alpha value is -0.860. The minimum absolute atomic E-state index is 0.166. The zero-order valence-corrected chi connectivity index (χ0v) is 10.9. The lowest BCUT2D eigenvalue weighted by molar-refractivity contribution is 0.379. The second-order valence-electron chi connectivity index (χ2n) is 5.08. The first-order valence-electron chi connectivity index (χ1n) is 5.99. The Morgan fingerprint density at radius 1 is 1.12 bits per heavy atom. The number of aryl methyl sites for hydroxylation is 1. The molecule has 0 amide bonds. The summed E-state index contributed by atoms with van der Waals surface area (Å²) in [5.74, 6) is 0. The Kier molecular flexibility index (Phi) is 4.97. The van der Waals surface area contributed by atoms with E-state index in [4.69, 9.17) is 0 Å². The molecule has 1 aromatic carbocycles. The summed E-state index contributed by atoms with van der Waals surface area (Å²) < 4.78 is 0. The van der Waals surface area contributed by atoms with Crippen LogP contribution in [0.2, 0.25) is 0 Å². The van der Waals surface area contributed by atoms with Gasteiger partial charge >= 0.3 is 0 Å². The summed E-state index contributed by atoms with van der Waals surface area (Å²) in [6, 6.07) is 8.77. The van der Waals surface area contributed by atoms with Gasteiger partial charge in [-0.15, -0.1) is 0 Å². The molecule has 16 heavy (non-hydrogen) atoms. The first-order chi connectivity index (χ1) is 7.53. The predicted molar refractivity (Wildman–Crippen MR) is 70.9 cm³/mol. The number of hydrogen-bond donors (Lipinski definition) is 2. The van der Waals surface area contributed by atoms with Crippen molar-refractivity contribution in [2.24, 2.45) is 0 Å². The van der Waals surface area contributed by atoms with Gasteiger partial charge in [0.05, 0.1) is 0 Å². The summed E-state index contributed by atoms with van der Waals surface area (Å²) >= 11 is 0. The fourth-order valence-electron chi connectivity index (χ4n) is 1.80. The highest BCUT2D eigenvalue weighted by Gasteiger charge is 2.14. The van der Waals surface area contributed by atoms with Crippen molar-refractivity contribution in [3.8, 4) is 0 Å². The molecule has 0 aliphatic heterocycles. The molecule has 2 N–H and O–H groups in total. The second kappa shape index (κ2) is 6.02. The van der Waals surface area contributed by atoms with Crippen molar-refractivity contribution < 1.29 is 0 Å². The molecule has 0 bridgehead atoms. The molecule has 0 unspecified atom stereocenters. The Labute approximate surface area is 99.5 Å². The molecule has 0 aliphatic rings. The van der Waals surface area contributed by atoms with Gasteiger partial charge in [-0.25, -0.2) is 0 Å². The molecule has 0 atom stereocenters. The Morgan fingerprint density at radius 3 is 2.31 bits per heavy atom. The molecule has 2 heteroatoms. The summed E-state index contributed by atoms with van der Waals surface area (Å²) in [5, 5.41) is 6.76. The molecule has 0 saturated carbocycles. The SMILES string of the molecule is CNCC(C)(C)NCCc1ccc(C)cc1. The van der Waals surface area contributed by atoms with Crippen LogP contribution in [-0.4, -0.2) is 25.7 Å². The van der Waals surface area contributed by atoms with Crippen LogP contribution in [0.15, 0.2) is 24.3 Å². The van der Waals surface area contributed by atoms with Crippen molar-refractivity contribution in [3.63, 3.8) is 0 Å². The smallest absolute Gasteiger partial charge is 0.0249 e. The zero-order valence-electron chi connectivity index (χ0n) is 10.9. The number of benzene rings is 1. The van der Waals surface area contributed by atoms with E-state index in [1.54, 1.807) is 0 Å². The van der Waals surface area contributed by atoms with Crippen molar-refractivity contribution in [1.82, 2.24) is 10.6 Å². The number of nitrogens with one attached hydrogen (secondary N) is 2. The summed E-state index contributed by atoms with van der Waals surface area (Å²) in [5.41, 5.74) is 2.89. The van der Waals surface area contributed by atoms with Crippen LogP contribution in [0.3, 0.4) is 0 Å². The monoisotopic (exact) mass is 220 g/mol. The molecular weight excluding hydrogens is 196 g/mol. The highest BCUT2D eigenvalue weighted by molar-refractivity contribution is 5.21. The van der Waals surface area contributed by atoms with Crippen molar-refractivity contribution in [1.29, 1.82) is 0 Å². The van der Waals surface area contributed by atoms with E-state index in [0.717, 1.165) is 19.5 Å². The van der Waals surface area contributed by atoms with Gasteiger partial charge in [-0.1, -0.05) is 29.8 Å². The molecular formula is C14H24N2. The quantitative estimate of drug-likeness (QED) is 0.767. The van der Waals surface area contributed by atoms with Gasteiger partial charge in [0.15, 0.2) is 0 Å². The lowest BCUT2D eigenvalue weighted by atomic mass is 10.0. The van der Waals surface area contributed by atoms with E-state index in [-0.39, 0.29) is 5.54 Å². The second-order valence-corrected chi connectivity index (χ2v) is 5.08. The minimum Gasteiger partial charge on any atom is -0.318 e. The zero-order chi connectivity index (χ0) is 12.0. The van der Waals surface area contributed by atoms with Crippen molar-refractivity contribution in [3.05, 3.63) is 35.4 Å². The minimum atomic E-state index is 0.166. The molecule has 2 nitrogen and oxygen atoms in total. The van der Waals surface area contributed by atoms with Crippen LogP contribution in [0.25, 0.3) is 0 Å². The predicted octanol–water partition coefficient (Wildman–Crippen LogP) is 2.13. The number of hydrogen-bond acceptors (Lipinski definition) is 2. The van der Waals surface area contributed by atoms with Gasteiger partial charge < -0.3 is 10.6 Å². The van der Waals surface area contributed by atoms with Gasteiger partial charge in [-0.2, -0.15) is 0 Å². The molecule has 0 radical (unpaired) electrons. The van der Waals surface area contributed by atoms with Crippen LogP contribution in [0.5, 0.6) is 0 Å². The van der Waals surface area contributed by atoms with Crippen LogP contribution in [0.4, 0.5) is 0 Å². The summed E-state index contributed by atoms with van der Waals surface area (Å²) in [6.45, 7) is 8.58. The summed E-state index contributed by atoms with van der Waals surface area (Å²) in [7, 11) is 1.99. The first kappa shape index (κ1) is 13.2. The Bertz CT molecular complexity index is 301. The van der Waals surface area contributed by atoms with E-state index in [1.807, 2.05) is 7.05 Å². The number of likely N-dealkylation sites (N-methyl/N-ethyl adjacent to an activating group) is 1. The lowest BCUT2D eigenvalue weighted by Gasteiger charge is -2.26. The highest BCUT2D eigenvalue weighted by Crippen LogP contribution is 2.05. The highest BCUT2D eigenvalue weighted by atomic mass is 15.0. The molecule has 0 heterocycles. The topological polar surface area (TPSA) is 24.1 Å². The van der Waals surface area contributed by atoms with Crippen LogP contribution in [0.1, 0.15) is 25.0 Å². The van der Waals surface area contributed by atoms with Gasteiger partial charge in [0, 0.05) is 12.1 Å². The maximum Gasteiger partial charge on any atom is 0.0249 e. The van der Waals surface area contributed by atoms with E-state index in [2.05, 4.69) is 55.7 Å². The maximum absolute atomic E-state index is 3.56. The number of rotatable bonds is 6. The third kappa shape index (κ3) is 4.77. The average molecular weight is 220 g/mol. The van der Waals surface area contributed by atoms with E-state index in [0.29, 0.717) is 0 Å². The Balaban J connectivity index is 2.32. The molecule has 0 aromatic heterocycles. The molecule has 0 aliphatic carbocycles. The molecule has 0 spiro atoms. The molecule has 0 saturated heterocycles. The molecule has 1 aromatic rings. The first-order valence-corrected chi connectivity index (χ1v) is 5.99. The fraction of sp³-hybridized carbons (Fsp3) is 0.571. The third-order valence-corrected chi connectivity index (χ3v) is 2.76. The van der Waals surface area contributed by atoms with Crippen molar-refractivity contribution in [2.75, 3.05) is 20.1 Å². The molecule has 90 valence electrons. The fourth-order valence-corrected chi connectivity index (χ4v) is 1.80. The van der Waals surface area contributed by atoms with Crippen LogP contribution >= 0.6 is 0 Å². The lowest BCUT2D eigenvalue weighted by Crippen LogP contribution is -2.47. The van der Waals surface area contributed by atoms with Crippen LogP contribution < -0.4 is 10.6 Å². The summed E-state index contributed by atoms with van der Waals surface area (Å²) in [4.78, 5) is 0. The van der Waals surface area contributed by atoms with E-state index in [1.165, 1.54) is 11.1 Å². The van der Waals surface area contributed by atoms with Crippen molar-refractivity contribution >= 4 is 0 Å². The van der Waals surface area contributed by atoms with Gasteiger partial charge in [-0.05, 0) is 46.3 Å². The largest absolute Gasteiger partial charge is 0.318 e. The van der Waals surface area contributed by atoms with E-state index >= 15 is 0 Å². The van der Waals surface area contributed by atoms with E-state index < -0.39 is 0 Å². The van der Waals surface area contributed by atoms with Gasteiger partial charge in [0.2, 0.25) is 0 Å². The van der Waals surface area contributed by atoms with Gasteiger partial charge in [0.25, 0.3) is 0 Å². The summed E-state index contributed by atoms with van der Waals surface area (Å²) in [6.07, 6.45) is 1.09.